The van der Waals surface area contributed by atoms with Crippen molar-refractivity contribution in [3.8, 4) is 11.5 Å². The van der Waals surface area contributed by atoms with Gasteiger partial charge in [0, 0.05) is 30.7 Å². The Labute approximate surface area is 175 Å². The van der Waals surface area contributed by atoms with Crippen LogP contribution in [0.3, 0.4) is 0 Å². The molecule has 6 nitrogen and oxygen atoms in total. The Morgan fingerprint density at radius 1 is 1.21 bits per heavy atom. The van der Waals surface area contributed by atoms with Crippen molar-refractivity contribution < 1.29 is 22.3 Å². The molecule has 2 aromatic carbocycles. The summed E-state index contributed by atoms with van der Waals surface area (Å²) in [6.45, 7) is 1.23. The SMILES string of the molecule is CN(Cc1c(F)cccc1Cl)S(=O)(=O)N1CCCC1c1ccc2c(c1)OCCO2. The molecular weight excluding hydrogens is 419 g/mol. The molecule has 1 saturated heterocycles. The summed E-state index contributed by atoms with van der Waals surface area (Å²) >= 11 is 6.07. The normalized spacial score (nSPS) is 19.7. The van der Waals surface area contributed by atoms with Crippen LogP contribution in [0, 0.1) is 5.82 Å². The van der Waals surface area contributed by atoms with Gasteiger partial charge in [-0.2, -0.15) is 17.0 Å². The van der Waals surface area contributed by atoms with Gasteiger partial charge >= 0.3 is 0 Å². The van der Waals surface area contributed by atoms with Crippen molar-refractivity contribution in [3.05, 3.63) is 58.4 Å². The standard InChI is InChI=1S/C20H22ClFN2O4S/c1-23(13-15-16(21)4-2-5-17(15)22)29(25,26)24-9-3-6-18(24)14-7-8-19-20(12-14)28-11-10-27-19/h2,4-5,7-8,12,18H,3,6,9-11,13H2,1H3. The zero-order chi connectivity index (χ0) is 20.6. The fourth-order valence-electron chi connectivity index (χ4n) is 3.78. The lowest BCUT2D eigenvalue weighted by atomic mass is 10.0. The number of hydrogen-bond donors (Lipinski definition) is 0. The number of ether oxygens (including phenoxy) is 2. The first-order valence-corrected chi connectivity index (χ1v) is 11.2. The number of benzene rings is 2. The quantitative estimate of drug-likeness (QED) is 0.710. The molecule has 1 fully saturated rings. The van der Waals surface area contributed by atoms with E-state index in [-0.39, 0.29) is 23.2 Å². The van der Waals surface area contributed by atoms with E-state index < -0.39 is 16.0 Å². The topological polar surface area (TPSA) is 59.1 Å². The third kappa shape index (κ3) is 3.94. The molecule has 0 spiro atoms. The van der Waals surface area contributed by atoms with Crippen molar-refractivity contribution in [2.45, 2.75) is 25.4 Å². The summed E-state index contributed by atoms with van der Waals surface area (Å²) in [7, 11) is -2.38. The minimum absolute atomic E-state index is 0.141. The lowest BCUT2D eigenvalue weighted by Crippen LogP contribution is -2.41. The molecule has 2 aliphatic heterocycles. The number of halogens is 2. The molecular formula is C20H22ClFN2O4S. The highest BCUT2D eigenvalue weighted by Crippen LogP contribution is 2.40. The van der Waals surface area contributed by atoms with Gasteiger partial charge in [0.05, 0.1) is 6.04 Å². The van der Waals surface area contributed by atoms with Crippen LogP contribution in [0.15, 0.2) is 36.4 Å². The minimum atomic E-state index is -3.82. The summed E-state index contributed by atoms with van der Waals surface area (Å²) < 4.78 is 54.5. The van der Waals surface area contributed by atoms with Crippen LogP contribution in [0.1, 0.15) is 30.0 Å². The van der Waals surface area contributed by atoms with Crippen molar-refractivity contribution in [1.29, 1.82) is 0 Å². The lowest BCUT2D eigenvalue weighted by Gasteiger charge is -2.30. The molecule has 2 heterocycles. The Kier molecular flexibility index (Phi) is 5.70. The van der Waals surface area contributed by atoms with E-state index in [0.717, 1.165) is 16.3 Å². The Morgan fingerprint density at radius 2 is 1.97 bits per heavy atom. The van der Waals surface area contributed by atoms with Crippen molar-refractivity contribution in [3.63, 3.8) is 0 Å². The predicted molar refractivity (Wildman–Crippen MR) is 108 cm³/mol. The number of rotatable bonds is 5. The van der Waals surface area contributed by atoms with E-state index in [1.165, 1.54) is 23.5 Å². The van der Waals surface area contributed by atoms with Gasteiger partial charge in [-0.1, -0.05) is 23.7 Å². The smallest absolute Gasteiger partial charge is 0.282 e. The van der Waals surface area contributed by atoms with Crippen LogP contribution in [0.25, 0.3) is 0 Å². The maximum Gasteiger partial charge on any atom is 0.282 e. The molecule has 156 valence electrons. The van der Waals surface area contributed by atoms with Crippen molar-refractivity contribution in [2.24, 2.45) is 0 Å². The van der Waals surface area contributed by atoms with Gasteiger partial charge in [0.15, 0.2) is 11.5 Å². The van der Waals surface area contributed by atoms with E-state index in [4.69, 9.17) is 21.1 Å². The molecule has 1 atom stereocenters. The Hall–Kier alpha value is -1.87. The molecule has 9 heteroatoms. The van der Waals surface area contributed by atoms with Crippen LogP contribution in [-0.2, 0) is 16.8 Å². The highest BCUT2D eigenvalue weighted by molar-refractivity contribution is 7.86. The highest BCUT2D eigenvalue weighted by Gasteiger charge is 2.38. The maximum atomic E-state index is 14.1. The summed E-state index contributed by atoms with van der Waals surface area (Å²) in [5.74, 6) is 0.771. The Morgan fingerprint density at radius 3 is 2.72 bits per heavy atom. The summed E-state index contributed by atoms with van der Waals surface area (Å²) in [6, 6.07) is 9.54. The van der Waals surface area contributed by atoms with Crippen molar-refractivity contribution in [1.82, 2.24) is 8.61 Å². The third-order valence-corrected chi connectivity index (χ3v) is 7.59. The molecule has 0 aromatic heterocycles. The zero-order valence-corrected chi connectivity index (χ0v) is 17.5. The van der Waals surface area contributed by atoms with E-state index in [1.807, 2.05) is 18.2 Å². The van der Waals surface area contributed by atoms with Gasteiger partial charge in [-0.3, -0.25) is 0 Å². The molecule has 2 aliphatic rings. The van der Waals surface area contributed by atoms with Gasteiger partial charge in [-0.15, -0.1) is 0 Å². The first kappa shape index (κ1) is 20.4. The van der Waals surface area contributed by atoms with Gasteiger partial charge in [0.2, 0.25) is 0 Å². The van der Waals surface area contributed by atoms with Crippen LogP contribution in [-0.4, -0.2) is 43.8 Å². The molecule has 29 heavy (non-hydrogen) atoms. The van der Waals surface area contributed by atoms with Crippen LogP contribution >= 0.6 is 11.6 Å². The molecule has 0 amide bonds. The molecule has 0 saturated carbocycles. The second-order valence-corrected chi connectivity index (χ2v) is 9.53. The molecule has 0 radical (unpaired) electrons. The molecule has 1 unspecified atom stereocenters. The van der Waals surface area contributed by atoms with Gasteiger partial charge in [0.1, 0.15) is 19.0 Å². The van der Waals surface area contributed by atoms with Crippen LogP contribution in [0.2, 0.25) is 5.02 Å². The van der Waals surface area contributed by atoms with Gasteiger partial charge in [0.25, 0.3) is 10.2 Å². The van der Waals surface area contributed by atoms with Crippen molar-refractivity contribution >= 4 is 21.8 Å². The monoisotopic (exact) mass is 440 g/mol. The summed E-state index contributed by atoms with van der Waals surface area (Å²) in [5, 5.41) is 0.205. The number of hydrogen-bond acceptors (Lipinski definition) is 4. The van der Waals surface area contributed by atoms with E-state index >= 15 is 0 Å². The fourth-order valence-corrected chi connectivity index (χ4v) is 5.56. The highest BCUT2D eigenvalue weighted by atomic mass is 35.5. The summed E-state index contributed by atoms with van der Waals surface area (Å²) in [5.41, 5.74) is 1.02. The second-order valence-electron chi connectivity index (χ2n) is 7.14. The van der Waals surface area contributed by atoms with E-state index in [0.29, 0.717) is 37.7 Å². The summed E-state index contributed by atoms with van der Waals surface area (Å²) in [4.78, 5) is 0. The Balaban J connectivity index is 1.59. The number of fused-ring (bicyclic) bond motifs is 1. The second kappa shape index (κ2) is 8.10. The molecule has 0 N–H and O–H groups in total. The van der Waals surface area contributed by atoms with E-state index in [2.05, 4.69) is 0 Å². The lowest BCUT2D eigenvalue weighted by molar-refractivity contribution is 0.171. The van der Waals surface area contributed by atoms with Gasteiger partial charge < -0.3 is 9.47 Å². The average Bonchev–Trinajstić information content (AvgIpc) is 3.21. The van der Waals surface area contributed by atoms with Gasteiger partial charge in [-0.25, -0.2) is 4.39 Å². The van der Waals surface area contributed by atoms with Gasteiger partial charge in [-0.05, 0) is 42.7 Å². The summed E-state index contributed by atoms with van der Waals surface area (Å²) in [6.07, 6.45) is 1.44. The minimum Gasteiger partial charge on any atom is -0.486 e. The van der Waals surface area contributed by atoms with Crippen molar-refractivity contribution in [2.75, 3.05) is 26.8 Å². The van der Waals surface area contributed by atoms with Crippen LogP contribution in [0.5, 0.6) is 11.5 Å². The first-order chi connectivity index (χ1) is 13.9. The van der Waals surface area contributed by atoms with Crippen LogP contribution < -0.4 is 9.47 Å². The largest absolute Gasteiger partial charge is 0.486 e. The fraction of sp³-hybridized carbons (Fsp3) is 0.400. The zero-order valence-electron chi connectivity index (χ0n) is 16.0. The number of nitrogens with zero attached hydrogens (tertiary/aromatic N) is 2. The molecule has 0 aliphatic carbocycles. The third-order valence-electron chi connectivity index (χ3n) is 5.29. The molecule has 0 bridgehead atoms. The molecule has 4 rings (SSSR count). The van der Waals surface area contributed by atoms with E-state index in [9.17, 15) is 12.8 Å². The maximum absolute atomic E-state index is 14.1. The van der Waals surface area contributed by atoms with E-state index in [1.54, 1.807) is 6.07 Å². The average molecular weight is 441 g/mol. The predicted octanol–water partition coefficient (Wildman–Crippen LogP) is 3.76. The van der Waals surface area contributed by atoms with Crippen LogP contribution in [0.4, 0.5) is 4.39 Å². The Bertz CT molecular complexity index is 997. The molecule has 2 aromatic rings. The first-order valence-electron chi connectivity index (χ1n) is 9.43.